The van der Waals surface area contributed by atoms with Crippen LogP contribution < -0.4 is 10.4 Å². The number of fused-ring (bicyclic) bond motifs is 3. The Hall–Kier alpha value is -2.30. The van der Waals surface area contributed by atoms with E-state index in [4.69, 9.17) is 9.15 Å². The van der Waals surface area contributed by atoms with Gasteiger partial charge in [-0.3, -0.25) is 0 Å². The zero-order valence-electron chi connectivity index (χ0n) is 10.6. The van der Waals surface area contributed by atoms with Crippen LogP contribution in [0.2, 0.25) is 0 Å². The average molecular weight is 258 g/mol. The molecular weight excluding hydrogens is 244 g/mol. The van der Waals surface area contributed by atoms with Gasteiger partial charge in [-0.15, -0.1) is 0 Å². The summed E-state index contributed by atoms with van der Waals surface area (Å²) in [6, 6.07) is 5.47. The molecule has 0 aliphatic rings. The number of unbranched alkanes of at least 4 members (excludes halogenated alkanes) is 1. The first kappa shape index (κ1) is 11.8. The number of hydrogen-bond acceptors (Lipinski definition) is 4. The number of hydrogen-bond donors (Lipinski definition) is 1. The molecule has 5 nitrogen and oxygen atoms in total. The van der Waals surface area contributed by atoms with Gasteiger partial charge in [0.2, 0.25) is 0 Å². The van der Waals surface area contributed by atoms with Gasteiger partial charge in [-0.1, -0.05) is 13.3 Å². The molecule has 1 aromatic carbocycles. The fraction of sp³-hybridized carbons (Fsp3) is 0.286. The molecule has 0 fully saturated rings. The molecule has 0 unspecified atom stereocenters. The van der Waals surface area contributed by atoms with E-state index >= 15 is 0 Å². The summed E-state index contributed by atoms with van der Waals surface area (Å²) in [5.74, 6) is 0.707. The largest absolute Gasteiger partial charge is 0.493 e. The maximum absolute atomic E-state index is 11.7. The van der Waals surface area contributed by atoms with E-state index in [2.05, 4.69) is 16.9 Å². The maximum atomic E-state index is 11.7. The predicted octanol–water partition coefficient (Wildman–Crippen LogP) is 2.85. The summed E-state index contributed by atoms with van der Waals surface area (Å²) >= 11 is 0. The van der Waals surface area contributed by atoms with E-state index in [0.29, 0.717) is 29.0 Å². The van der Waals surface area contributed by atoms with Gasteiger partial charge in [0.25, 0.3) is 0 Å². The van der Waals surface area contributed by atoms with Crippen molar-refractivity contribution in [1.29, 1.82) is 0 Å². The molecule has 2 heterocycles. The topological polar surface area (TPSA) is 68.1 Å². The van der Waals surface area contributed by atoms with E-state index in [1.165, 1.54) is 6.33 Å². The minimum Gasteiger partial charge on any atom is -0.493 e. The molecule has 0 atom stereocenters. The van der Waals surface area contributed by atoms with Gasteiger partial charge in [-0.05, 0) is 18.6 Å². The molecule has 98 valence electrons. The molecule has 0 aliphatic carbocycles. The maximum Gasteiger partial charge on any atom is 0.362 e. The van der Waals surface area contributed by atoms with Crippen molar-refractivity contribution in [3.05, 3.63) is 34.9 Å². The van der Waals surface area contributed by atoms with Crippen molar-refractivity contribution in [2.24, 2.45) is 0 Å². The lowest BCUT2D eigenvalue weighted by atomic mass is 10.2. The van der Waals surface area contributed by atoms with Crippen molar-refractivity contribution in [2.75, 3.05) is 6.61 Å². The Morgan fingerprint density at radius 1 is 1.42 bits per heavy atom. The molecule has 0 spiro atoms. The molecule has 0 saturated heterocycles. The number of imidazole rings is 1. The third-order valence-electron chi connectivity index (χ3n) is 3.02. The molecule has 3 rings (SSSR count). The average Bonchev–Trinajstić information content (AvgIpc) is 2.89. The van der Waals surface area contributed by atoms with E-state index in [1.54, 1.807) is 6.07 Å². The summed E-state index contributed by atoms with van der Waals surface area (Å²) < 4.78 is 10.9. The Kier molecular flexibility index (Phi) is 2.95. The lowest BCUT2D eigenvalue weighted by Crippen LogP contribution is -2.00. The SMILES string of the molecule is CCCCOc1ccc2c(c1)oc(=O)c1[nH]cnc12. The van der Waals surface area contributed by atoms with Crippen LogP contribution in [-0.4, -0.2) is 16.6 Å². The van der Waals surface area contributed by atoms with Gasteiger partial charge >= 0.3 is 5.63 Å². The van der Waals surface area contributed by atoms with E-state index in [1.807, 2.05) is 12.1 Å². The molecule has 0 amide bonds. The Bertz CT molecular complexity index is 773. The molecule has 5 heteroatoms. The molecule has 0 aliphatic heterocycles. The number of aromatic nitrogens is 2. The fourth-order valence-electron chi connectivity index (χ4n) is 2.01. The van der Waals surface area contributed by atoms with Gasteiger partial charge in [-0.2, -0.15) is 0 Å². The summed E-state index contributed by atoms with van der Waals surface area (Å²) in [4.78, 5) is 18.7. The number of nitrogens with one attached hydrogen (secondary N) is 1. The Labute approximate surface area is 109 Å². The molecular formula is C14H14N2O3. The summed E-state index contributed by atoms with van der Waals surface area (Å²) in [6.45, 7) is 2.77. The lowest BCUT2D eigenvalue weighted by Gasteiger charge is -2.05. The number of H-pyrrole nitrogens is 1. The first-order valence-electron chi connectivity index (χ1n) is 6.32. The van der Waals surface area contributed by atoms with Crippen LogP contribution in [0.3, 0.4) is 0 Å². The number of aromatic amines is 1. The number of nitrogens with zero attached hydrogens (tertiary/aromatic N) is 1. The minimum absolute atomic E-state index is 0.396. The van der Waals surface area contributed by atoms with Crippen LogP contribution in [0.4, 0.5) is 0 Å². The fourth-order valence-corrected chi connectivity index (χ4v) is 2.01. The van der Waals surface area contributed by atoms with E-state index in [0.717, 1.165) is 18.2 Å². The van der Waals surface area contributed by atoms with Crippen molar-refractivity contribution >= 4 is 22.0 Å². The predicted molar refractivity (Wildman–Crippen MR) is 72.5 cm³/mol. The third-order valence-corrected chi connectivity index (χ3v) is 3.02. The van der Waals surface area contributed by atoms with Crippen LogP contribution in [0.5, 0.6) is 5.75 Å². The summed E-state index contributed by atoms with van der Waals surface area (Å²) in [5.41, 5.74) is 1.11. The van der Waals surface area contributed by atoms with Crippen LogP contribution in [0.25, 0.3) is 22.0 Å². The van der Waals surface area contributed by atoms with Crippen LogP contribution in [0, 0.1) is 0 Å². The molecule has 2 aromatic heterocycles. The van der Waals surface area contributed by atoms with Crippen molar-refractivity contribution in [3.63, 3.8) is 0 Å². The standard InChI is InChI=1S/C14H14N2O3/c1-2-3-6-18-9-4-5-10-11(7-9)19-14(17)13-12(10)15-8-16-13/h4-5,7-8H,2-3,6H2,1H3,(H,15,16). The van der Waals surface area contributed by atoms with Crippen molar-refractivity contribution < 1.29 is 9.15 Å². The normalized spacial score (nSPS) is 11.2. The highest BCUT2D eigenvalue weighted by atomic mass is 16.5. The summed E-state index contributed by atoms with van der Waals surface area (Å²) in [6.07, 6.45) is 3.57. The zero-order chi connectivity index (χ0) is 13.2. The molecule has 0 radical (unpaired) electrons. The molecule has 0 saturated carbocycles. The van der Waals surface area contributed by atoms with E-state index < -0.39 is 5.63 Å². The Balaban J connectivity index is 2.08. The van der Waals surface area contributed by atoms with Gasteiger partial charge in [0, 0.05) is 11.5 Å². The van der Waals surface area contributed by atoms with Crippen LogP contribution in [-0.2, 0) is 0 Å². The van der Waals surface area contributed by atoms with Crippen LogP contribution in [0.15, 0.2) is 33.7 Å². The van der Waals surface area contributed by atoms with Gasteiger partial charge in [-0.25, -0.2) is 9.78 Å². The number of benzene rings is 1. The van der Waals surface area contributed by atoms with Gasteiger partial charge in [0.15, 0.2) is 5.52 Å². The lowest BCUT2D eigenvalue weighted by molar-refractivity contribution is 0.309. The second-order valence-electron chi connectivity index (χ2n) is 4.38. The first-order valence-corrected chi connectivity index (χ1v) is 6.32. The number of rotatable bonds is 4. The molecule has 0 bridgehead atoms. The van der Waals surface area contributed by atoms with Gasteiger partial charge in [0.05, 0.1) is 12.9 Å². The second-order valence-corrected chi connectivity index (χ2v) is 4.38. The van der Waals surface area contributed by atoms with Crippen LogP contribution >= 0.6 is 0 Å². The smallest absolute Gasteiger partial charge is 0.362 e. The zero-order valence-corrected chi connectivity index (χ0v) is 10.6. The summed E-state index contributed by atoms with van der Waals surface area (Å²) in [5, 5.41) is 0.804. The Morgan fingerprint density at radius 2 is 2.32 bits per heavy atom. The van der Waals surface area contributed by atoms with Crippen molar-refractivity contribution in [1.82, 2.24) is 9.97 Å². The molecule has 19 heavy (non-hydrogen) atoms. The number of ether oxygens (including phenoxy) is 1. The molecule has 3 aromatic rings. The van der Waals surface area contributed by atoms with Crippen LogP contribution in [0.1, 0.15) is 19.8 Å². The highest BCUT2D eigenvalue weighted by Crippen LogP contribution is 2.24. The van der Waals surface area contributed by atoms with Crippen molar-refractivity contribution in [3.8, 4) is 5.75 Å². The molecule has 1 N–H and O–H groups in total. The summed E-state index contributed by atoms with van der Waals surface area (Å²) in [7, 11) is 0. The monoisotopic (exact) mass is 258 g/mol. The van der Waals surface area contributed by atoms with E-state index in [-0.39, 0.29) is 0 Å². The van der Waals surface area contributed by atoms with Gasteiger partial charge in [0.1, 0.15) is 16.8 Å². The highest BCUT2D eigenvalue weighted by Gasteiger charge is 2.10. The Morgan fingerprint density at radius 3 is 3.16 bits per heavy atom. The van der Waals surface area contributed by atoms with E-state index in [9.17, 15) is 4.79 Å². The van der Waals surface area contributed by atoms with Gasteiger partial charge < -0.3 is 14.1 Å². The second kappa shape index (κ2) is 4.76. The first-order chi connectivity index (χ1) is 9.29. The third kappa shape index (κ3) is 2.07. The highest BCUT2D eigenvalue weighted by molar-refractivity contribution is 6.00. The quantitative estimate of drug-likeness (QED) is 0.577. The minimum atomic E-state index is -0.411. The van der Waals surface area contributed by atoms with Crippen molar-refractivity contribution in [2.45, 2.75) is 19.8 Å².